The number of hydrogen-bond acceptors (Lipinski definition) is 6. The normalized spacial score (nSPS) is 13.0. The Hall–Kier alpha value is -4.53. The molecule has 1 aliphatic rings. The van der Waals surface area contributed by atoms with Gasteiger partial charge in [-0.15, -0.1) is 0 Å². The largest absolute Gasteiger partial charge is 0.359 e. The number of para-hydroxylation sites is 1. The minimum Gasteiger partial charge on any atom is -0.359 e. The average molecular weight is 465 g/mol. The SMILES string of the molecule is Cc1cnc2c(c1)CN(c1cccc3c(-c4nc(Nc5cc(C)n(C)n5)ncc4C)c[nH]c13)C2=O. The summed E-state index contributed by atoms with van der Waals surface area (Å²) in [4.78, 5) is 31.9. The molecule has 1 aromatic carbocycles. The third-order valence-corrected chi connectivity index (χ3v) is 6.44. The molecule has 0 bridgehead atoms. The molecular formula is C26H24N8O. The number of nitrogens with one attached hydrogen (secondary N) is 2. The van der Waals surface area contributed by atoms with Crippen LogP contribution < -0.4 is 10.2 Å². The Bertz CT molecular complexity index is 1610. The third-order valence-electron chi connectivity index (χ3n) is 6.44. The van der Waals surface area contributed by atoms with Gasteiger partial charge < -0.3 is 15.2 Å². The van der Waals surface area contributed by atoms with Crippen LogP contribution in [0.5, 0.6) is 0 Å². The molecule has 1 aliphatic heterocycles. The van der Waals surface area contributed by atoms with Crippen molar-refractivity contribution in [2.75, 3.05) is 10.2 Å². The van der Waals surface area contributed by atoms with Gasteiger partial charge >= 0.3 is 0 Å². The first-order valence-electron chi connectivity index (χ1n) is 11.4. The van der Waals surface area contributed by atoms with Gasteiger partial charge in [-0.05, 0) is 38.0 Å². The van der Waals surface area contributed by atoms with Crippen molar-refractivity contribution in [2.45, 2.75) is 27.3 Å². The number of carbonyl (C=O) groups is 1. The Morgan fingerprint density at radius 2 is 1.91 bits per heavy atom. The van der Waals surface area contributed by atoms with Crippen molar-refractivity contribution in [3.8, 4) is 11.3 Å². The molecule has 0 saturated heterocycles. The Kier molecular flexibility index (Phi) is 4.67. The number of pyridine rings is 1. The molecule has 0 fully saturated rings. The van der Waals surface area contributed by atoms with E-state index in [0.717, 1.165) is 50.2 Å². The molecule has 0 atom stereocenters. The molecule has 6 rings (SSSR count). The van der Waals surface area contributed by atoms with Gasteiger partial charge in [0.25, 0.3) is 5.91 Å². The summed E-state index contributed by atoms with van der Waals surface area (Å²) >= 11 is 0. The van der Waals surface area contributed by atoms with E-state index in [2.05, 4.69) is 25.4 Å². The van der Waals surface area contributed by atoms with Gasteiger partial charge in [0.1, 0.15) is 5.69 Å². The molecule has 5 heterocycles. The third kappa shape index (κ3) is 3.43. The van der Waals surface area contributed by atoms with E-state index in [1.165, 1.54) is 0 Å². The molecular weight excluding hydrogens is 440 g/mol. The number of anilines is 3. The first-order chi connectivity index (χ1) is 16.9. The number of carbonyl (C=O) groups excluding carboxylic acids is 1. The Labute approximate surface area is 201 Å². The van der Waals surface area contributed by atoms with Crippen molar-refractivity contribution in [3.63, 3.8) is 0 Å². The minimum atomic E-state index is -0.0843. The van der Waals surface area contributed by atoms with Crippen LogP contribution in [0.25, 0.3) is 22.2 Å². The zero-order chi connectivity index (χ0) is 24.3. The highest BCUT2D eigenvalue weighted by Crippen LogP contribution is 2.37. The summed E-state index contributed by atoms with van der Waals surface area (Å²) in [5.74, 6) is 1.08. The van der Waals surface area contributed by atoms with Gasteiger partial charge in [0.05, 0.1) is 23.4 Å². The number of fused-ring (bicyclic) bond motifs is 2. The van der Waals surface area contributed by atoms with Crippen LogP contribution in [-0.2, 0) is 13.6 Å². The lowest BCUT2D eigenvalue weighted by Crippen LogP contribution is -2.23. The maximum atomic E-state index is 13.1. The lowest BCUT2D eigenvalue weighted by Gasteiger charge is -2.16. The van der Waals surface area contributed by atoms with E-state index in [1.807, 2.05) is 64.3 Å². The summed E-state index contributed by atoms with van der Waals surface area (Å²) in [6.45, 7) is 6.46. The number of hydrogen-bond donors (Lipinski definition) is 2. The maximum absolute atomic E-state index is 13.1. The number of H-pyrrole nitrogens is 1. The molecule has 5 aromatic rings. The summed E-state index contributed by atoms with van der Waals surface area (Å²) in [5, 5.41) is 8.61. The van der Waals surface area contributed by atoms with Gasteiger partial charge in [-0.2, -0.15) is 5.10 Å². The van der Waals surface area contributed by atoms with Crippen molar-refractivity contribution < 1.29 is 4.79 Å². The number of benzene rings is 1. The van der Waals surface area contributed by atoms with E-state index >= 15 is 0 Å². The van der Waals surface area contributed by atoms with E-state index in [4.69, 9.17) is 4.98 Å². The van der Waals surface area contributed by atoms with Crippen LogP contribution in [0.15, 0.2) is 48.9 Å². The average Bonchev–Trinajstić information content (AvgIpc) is 3.50. The first kappa shape index (κ1) is 21.0. The number of aromatic nitrogens is 6. The minimum absolute atomic E-state index is 0.0843. The van der Waals surface area contributed by atoms with Crippen LogP contribution in [0.1, 0.15) is 32.9 Å². The van der Waals surface area contributed by atoms with Crippen molar-refractivity contribution in [1.29, 1.82) is 0 Å². The van der Waals surface area contributed by atoms with E-state index < -0.39 is 0 Å². The smallest absolute Gasteiger partial charge is 0.277 e. The van der Waals surface area contributed by atoms with Crippen LogP contribution in [-0.4, -0.2) is 35.6 Å². The standard InChI is InChI=1S/C26H24N8O/c1-14-8-17-13-34(25(35)23(17)27-10-14)20-7-5-6-18-19(12-28-24(18)20)22-15(2)11-29-26(31-22)30-21-9-16(3)33(4)32-21/h5-12,28H,13H2,1-4H3,(H,29,30,31,32). The van der Waals surface area contributed by atoms with Crippen LogP contribution >= 0.6 is 0 Å². The fraction of sp³-hybridized carbons (Fsp3) is 0.192. The van der Waals surface area contributed by atoms with E-state index in [1.54, 1.807) is 22.0 Å². The molecule has 35 heavy (non-hydrogen) atoms. The Morgan fingerprint density at radius 1 is 1.06 bits per heavy atom. The first-order valence-corrected chi connectivity index (χ1v) is 11.4. The van der Waals surface area contributed by atoms with Crippen molar-refractivity contribution >= 4 is 34.3 Å². The van der Waals surface area contributed by atoms with Gasteiger partial charge in [-0.1, -0.05) is 18.2 Å². The highest BCUT2D eigenvalue weighted by molar-refractivity contribution is 6.13. The van der Waals surface area contributed by atoms with E-state index in [0.29, 0.717) is 24.0 Å². The van der Waals surface area contributed by atoms with Crippen LogP contribution in [0, 0.1) is 20.8 Å². The molecule has 0 spiro atoms. The number of amides is 1. The van der Waals surface area contributed by atoms with E-state index in [-0.39, 0.29) is 5.91 Å². The molecule has 9 nitrogen and oxygen atoms in total. The molecule has 1 amide bonds. The number of nitrogens with zero attached hydrogens (tertiary/aromatic N) is 6. The molecule has 4 aromatic heterocycles. The molecule has 0 aliphatic carbocycles. The van der Waals surface area contributed by atoms with Crippen LogP contribution in [0.4, 0.5) is 17.5 Å². The fourth-order valence-electron chi connectivity index (χ4n) is 4.58. The van der Waals surface area contributed by atoms with Crippen molar-refractivity contribution in [3.05, 3.63) is 77.0 Å². The van der Waals surface area contributed by atoms with Crippen molar-refractivity contribution in [2.24, 2.45) is 7.05 Å². The molecule has 2 N–H and O–H groups in total. The zero-order valence-corrected chi connectivity index (χ0v) is 19.9. The molecule has 0 unspecified atom stereocenters. The number of aryl methyl sites for hydroxylation is 4. The number of aromatic amines is 1. The summed E-state index contributed by atoms with van der Waals surface area (Å²) in [7, 11) is 1.90. The van der Waals surface area contributed by atoms with Crippen LogP contribution in [0.3, 0.4) is 0 Å². The predicted molar refractivity (Wildman–Crippen MR) is 135 cm³/mol. The molecule has 174 valence electrons. The monoisotopic (exact) mass is 464 g/mol. The molecule has 9 heteroatoms. The highest BCUT2D eigenvalue weighted by Gasteiger charge is 2.31. The quantitative estimate of drug-likeness (QED) is 0.403. The zero-order valence-electron chi connectivity index (χ0n) is 19.9. The second-order valence-corrected chi connectivity index (χ2v) is 8.96. The second kappa shape index (κ2) is 7.76. The topological polar surface area (TPSA) is 105 Å². The van der Waals surface area contributed by atoms with Crippen LogP contribution in [0.2, 0.25) is 0 Å². The summed E-state index contributed by atoms with van der Waals surface area (Å²) in [6, 6.07) is 9.95. The summed E-state index contributed by atoms with van der Waals surface area (Å²) in [5.41, 5.74) is 7.96. The highest BCUT2D eigenvalue weighted by atomic mass is 16.2. The van der Waals surface area contributed by atoms with Crippen molar-refractivity contribution in [1.82, 2.24) is 29.7 Å². The predicted octanol–water partition coefficient (Wildman–Crippen LogP) is 4.58. The summed E-state index contributed by atoms with van der Waals surface area (Å²) in [6.07, 6.45) is 5.48. The lowest BCUT2D eigenvalue weighted by atomic mass is 10.1. The Balaban J connectivity index is 1.39. The molecule has 0 saturated carbocycles. The lowest BCUT2D eigenvalue weighted by molar-refractivity contribution is 0.0992. The Morgan fingerprint density at radius 3 is 2.71 bits per heavy atom. The van der Waals surface area contributed by atoms with Gasteiger partial charge in [0.2, 0.25) is 5.95 Å². The fourth-order valence-corrected chi connectivity index (χ4v) is 4.58. The molecule has 0 radical (unpaired) electrons. The number of rotatable bonds is 4. The van der Waals surface area contributed by atoms with E-state index in [9.17, 15) is 4.79 Å². The van der Waals surface area contributed by atoms with Gasteiger partial charge in [-0.25, -0.2) is 9.97 Å². The summed E-state index contributed by atoms with van der Waals surface area (Å²) < 4.78 is 1.80. The second-order valence-electron chi connectivity index (χ2n) is 8.96. The maximum Gasteiger partial charge on any atom is 0.277 e. The van der Waals surface area contributed by atoms with Gasteiger partial charge in [-0.3, -0.25) is 14.5 Å². The van der Waals surface area contributed by atoms with Gasteiger partial charge in [0, 0.05) is 53.9 Å². The van der Waals surface area contributed by atoms with Gasteiger partial charge in [0.15, 0.2) is 5.82 Å².